The molecular formula is C14H13N3O2. The molecule has 5 nitrogen and oxygen atoms in total. The van der Waals surface area contributed by atoms with Crippen LogP contribution in [0.1, 0.15) is 17.2 Å². The van der Waals surface area contributed by atoms with E-state index in [9.17, 15) is 5.26 Å². The molecule has 0 saturated carbocycles. The molecular weight excluding hydrogens is 242 g/mol. The van der Waals surface area contributed by atoms with Crippen LogP contribution in [-0.2, 0) is 0 Å². The third kappa shape index (κ3) is 2.80. The first kappa shape index (κ1) is 12.8. The highest BCUT2D eigenvalue weighted by Crippen LogP contribution is 2.29. The van der Waals surface area contributed by atoms with Crippen molar-refractivity contribution in [3.63, 3.8) is 0 Å². The number of ether oxygens (including phenoxy) is 2. The summed E-state index contributed by atoms with van der Waals surface area (Å²) in [6.07, 6.45) is 4.72. The maximum absolute atomic E-state index is 9.36. The number of nitriles is 1. The molecule has 0 fully saturated rings. The highest BCUT2D eigenvalue weighted by atomic mass is 16.5. The molecule has 1 aromatic carbocycles. The second-order valence-corrected chi connectivity index (χ2v) is 3.84. The average molecular weight is 255 g/mol. The summed E-state index contributed by atoms with van der Waals surface area (Å²) in [5.41, 5.74) is 1.36. The molecule has 0 aliphatic heterocycles. The predicted octanol–water partition coefficient (Wildman–Crippen LogP) is 2.15. The molecule has 0 amide bonds. The summed E-state index contributed by atoms with van der Waals surface area (Å²) in [6, 6.07) is 7.58. The van der Waals surface area contributed by atoms with Gasteiger partial charge in [-0.25, -0.2) is 0 Å². The fourth-order valence-electron chi connectivity index (χ4n) is 1.77. The lowest BCUT2D eigenvalue weighted by Gasteiger charge is -2.12. The topological polar surface area (TPSA) is 68.0 Å². The van der Waals surface area contributed by atoms with Gasteiger partial charge in [0.2, 0.25) is 0 Å². The Bertz CT molecular complexity index is 571. The number of hydrogen-bond acceptors (Lipinski definition) is 5. The number of rotatable bonds is 4. The first-order valence-electron chi connectivity index (χ1n) is 5.67. The van der Waals surface area contributed by atoms with Crippen LogP contribution >= 0.6 is 0 Å². The average Bonchev–Trinajstić information content (AvgIpc) is 2.48. The van der Waals surface area contributed by atoms with Gasteiger partial charge in [0.25, 0.3) is 0 Å². The molecule has 5 heteroatoms. The highest BCUT2D eigenvalue weighted by molar-refractivity contribution is 5.44. The van der Waals surface area contributed by atoms with Gasteiger partial charge in [0.15, 0.2) is 0 Å². The second kappa shape index (κ2) is 5.83. The van der Waals surface area contributed by atoms with Gasteiger partial charge in [-0.05, 0) is 17.7 Å². The van der Waals surface area contributed by atoms with Crippen LogP contribution in [0.2, 0.25) is 0 Å². The number of hydrogen-bond donors (Lipinski definition) is 0. The van der Waals surface area contributed by atoms with Gasteiger partial charge >= 0.3 is 0 Å². The highest BCUT2D eigenvalue weighted by Gasteiger charge is 2.17. The van der Waals surface area contributed by atoms with Gasteiger partial charge in [0.1, 0.15) is 17.4 Å². The summed E-state index contributed by atoms with van der Waals surface area (Å²) in [5, 5.41) is 9.36. The van der Waals surface area contributed by atoms with Crippen LogP contribution < -0.4 is 9.47 Å². The standard InChI is InChI=1S/C14H13N3O2/c1-18-11-5-10(6-12(7-11)19-2)13(8-15)14-9-16-3-4-17-14/h3-7,9,13H,1-2H3. The van der Waals surface area contributed by atoms with Crippen LogP contribution in [0.5, 0.6) is 11.5 Å². The number of methoxy groups -OCH3 is 2. The maximum atomic E-state index is 9.36. The van der Waals surface area contributed by atoms with Gasteiger partial charge in [-0.15, -0.1) is 0 Å². The van der Waals surface area contributed by atoms with Crippen LogP contribution in [0, 0.1) is 11.3 Å². The Hall–Kier alpha value is -2.61. The summed E-state index contributed by atoms with van der Waals surface area (Å²) in [7, 11) is 3.14. The first-order chi connectivity index (χ1) is 9.28. The van der Waals surface area contributed by atoms with Gasteiger partial charge < -0.3 is 9.47 Å². The van der Waals surface area contributed by atoms with E-state index < -0.39 is 5.92 Å². The second-order valence-electron chi connectivity index (χ2n) is 3.84. The molecule has 0 saturated heterocycles. The van der Waals surface area contributed by atoms with Crippen molar-refractivity contribution in [3.05, 3.63) is 48.0 Å². The van der Waals surface area contributed by atoms with Gasteiger partial charge in [0, 0.05) is 18.5 Å². The molecule has 0 spiro atoms. The van der Waals surface area contributed by atoms with Crippen LogP contribution in [0.25, 0.3) is 0 Å². The summed E-state index contributed by atoms with van der Waals surface area (Å²) in [4.78, 5) is 8.16. The molecule has 0 bridgehead atoms. The van der Waals surface area contributed by atoms with Gasteiger partial charge in [-0.1, -0.05) is 0 Å². The van der Waals surface area contributed by atoms with E-state index in [1.807, 2.05) is 0 Å². The van der Waals surface area contributed by atoms with Gasteiger partial charge in [0.05, 0.1) is 32.2 Å². The van der Waals surface area contributed by atoms with Crippen LogP contribution in [-0.4, -0.2) is 24.2 Å². The van der Waals surface area contributed by atoms with Crippen molar-refractivity contribution in [2.45, 2.75) is 5.92 Å². The molecule has 1 atom stereocenters. The summed E-state index contributed by atoms with van der Waals surface area (Å²) in [5.74, 6) is 0.773. The van der Waals surface area contributed by atoms with E-state index in [1.54, 1.807) is 51.0 Å². The molecule has 0 radical (unpaired) electrons. The van der Waals surface area contributed by atoms with Crippen molar-refractivity contribution in [2.75, 3.05) is 14.2 Å². The van der Waals surface area contributed by atoms with Gasteiger partial charge in [-0.3, -0.25) is 9.97 Å². The lowest BCUT2D eigenvalue weighted by molar-refractivity contribution is 0.393. The Morgan fingerprint density at radius 3 is 2.26 bits per heavy atom. The zero-order valence-electron chi connectivity index (χ0n) is 10.7. The smallest absolute Gasteiger partial charge is 0.122 e. The molecule has 1 heterocycles. The Labute approximate surface area is 111 Å². The van der Waals surface area contributed by atoms with Crippen molar-refractivity contribution >= 4 is 0 Å². The molecule has 0 aliphatic rings. The Kier molecular flexibility index (Phi) is 3.94. The minimum atomic E-state index is -0.502. The van der Waals surface area contributed by atoms with E-state index in [2.05, 4.69) is 16.0 Å². The molecule has 1 aromatic heterocycles. The molecule has 96 valence electrons. The van der Waals surface area contributed by atoms with E-state index in [4.69, 9.17) is 9.47 Å². The quantitative estimate of drug-likeness (QED) is 0.837. The fourth-order valence-corrected chi connectivity index (χ4v) is 1.77. The van der Waals surface area contributed by atoms with E-state index >= 15 is 0 Å². The summed E-state index contributed by atoms with van der Waals surface area (Å²) >= 11 is 0. The van der Waals surface area contributed by atoms with Crippen molar-refractivity contribution in [2.24, 2.45) is 0 Å². The minimum Gasteiger partial charge on any atom is -0.497 e. The van der Waals surface area contributed by atoms with Crippen molar-refractivity contribution < 1.29 is 9.47 Å². The molecule has 2 rings (SSSR count). The Balaban J connectivity index is 2.47. The lowest BCUT2D eigenvalue weighted by atomic mass is 9.97. The molecule has 2 aromatic rings. The molecule has 1 unspecified atom stereocenters. The minimum absolute atomic E-state index is 0.502. The third-order valence-electron chi connectivity index (χ3n) is 2.72. The molecule has 19 heavy (non-hydrogen) atoms. The Morgan fingerprint density at radius 1 is 1.11 bits per heavy atom. The van der Waals surface area contributed by atoms with E-state index in [0.717, 1.165) is 5.56 Å². The van der Waals surface area contributed by atoms with Gasteiger partial charge in [-0.2, -0.15) is 5.26 Å². The Morgan fingerprint density at radius 2 is 1.79 bits per heavy atom. The van der Waals surface area contributed by atoms with Crippen molar-refractivity contribution in [3.8, 4) is 17.6 Å². The zero-order valence-corrected chi connectivity index (χ0v) is 10.7. The zero-order chi connectivity index (χ0) is 13.7. The summed E-state index contributed by atoms with van der Waals surface area (Å²) in [6.45, 7) is 0. The van der Waals surface area contributed by atoms with E-state index in [0.29, 0.717) is 17.2 Å². The normalized spacial score (nSPS) is 11.4. The van der Waals surface area contributed by atoms with Crippen molar-refractivity contribution in [1.29, 1.82) is 5.26 Å². The van der Waals surface area contributed by atoms with Crippen LogP contribution in [0.4, 0.5) is 0 Å². The monoisotopic (exact) mass is 255 g/mol. The SMILES string of the molecule is COc1cc(OC)cc(C(C#N)c2cnccn2)c1. The maximum Gasteiger partial charge on any atom is 0.122 e. The third-order valence-corrected chi connectivity index (χ3v) is 2.72. The predicted molar refractivity (Wildman–Crippen MR) is 69.0 cm³/mol. The fraction of sp³-hybridized carbons (Fsp3) is 0.214. The number of benzene rings is 1. The number of nitrogens with zero attached hydrogens (tertiary/aromatic N) is 3. The molecule has 0 aliphatic carbocycles. The van der Waals surface area contributed by atoms with E-state index in [-0.39, 0.29) is 0 Å². The lowest BCUT2D eigenvalue weighted by Crippen LogP contribution is -2.02. The van der Waals surface area contributed by atoms with Crippen molar-refractivity contribution in [1.82, 2.24) is 9.97 Å². The van der Waals surface area contributed by atoms with Crippen LogP contribution in [0.15, 0.2) is 36.8 Å². The first-order valence-corrected chi connectivity index (χ1v) is 5.67. The number of aromatic nitrogens is 2. The summed E-state index contributed by atoms with van der Waals surface area (Å²) < 4.78 is 10.4. The van der Waals surface area contributed by atoms with E-state index in [1.165, 1.54) is 0 Å². The van der Waals surface area contributed by atoms with Crippen LogP contribution in [0.3, 0.4) is 0 Å². The largest absolute Gasteiger partial charge is 0.497 e. The molecule has 0 N–H and O–H groups in total.